The Kier molecular flexibility index (Phi) is 45.6. The van der Waals surface area contributed by atoms with Crippen LogP contribution in [0.3, 0.4) is 0 Å². The van der Waals surface area contributed by atoms with Gasteiger partial charge >= 0.3 is 0 Å². The molecule has 0 saturated carbocycles. The number of nitrogens with one attached hydrogen (secondary N) is 19. The molecule has 23 amide bonds. The first-order valence-electron chi connectivity index (χ1n) is 45.9. The van der Waals surface area contributed by atoms with Gasteiger partial charge in [0.2, 0.25) is 136 Å². The Hall–Kier alpha value is -13.0. The third kappa shape index (κ3) is 38.5. The van der Waals surface area contributed by atoms with Gasteiger partial charge in [-0.1, -0.05) is 78.8 Å². The number of carbonyl (C=O) groups excluding carboxylic acids is 23. The quantitative estimate of drug-likeness (QED) is 0.0290. The van der Waals surface area contributed by atoms with Gasteiger partial charge in [0.25, 0.3) is 0 Å². The van der Waals surface area contributed by atoms with E-state index in [9.17, 15) is 115 Å². The number of hydrogen-bond donors (Lipinski definition) is 23. The second kappa shape index (κ2) is 52.0. The maximum Gasteiger partial charge on any atom is 0.248 e. The van der Waals surface area contributed by atoms with Gasteiger partial charge < -0.3 is 128 Å². The first kappa shape index (κ1) is 121. The van der Waals surface area contributed by atoms with E-state index in [4.69, 9.17) is 17.2 Å². The largest absolute Gasteiger partial charge is 0.394 e. The van der Waals surface area contributed by atoms with E-state index < -0.39 is 297 Å². The second-order valence-corrected chi connectivity index (χ2v) is 40.0. The fraction of sp³-hybridized carbons (Fsp3) is 0.681. The summed E-state index contributed by atoms with van der Waals surface area (Å²) in [6, 6.07) is -5.84. The standard InChI is InChI=1S/C91H151N23O24/c1-27-91(26,82(137)103-56(36-39-61(93)118)70(125)102-55(35-38-60(92)117)69(124)99-54(45-115)43-53-32-29-28-30-33-53)113-81(136)89(22,23)112-74(129)64(47(4)5)104-73(128)59-34-31-41-114(59)83(138)90(24,25)110-72(127)58(42-46(2)3)100-63(120)44-95-76(131)84(12,13)111-75(130)65(48(6)7)105-80(135)88(20,21)109-71(126)57(37-40-62(94)119)101-66(121)49(8)96-78(133)86(16,17)107-68(123)51(10)98-79(134)87(18,19)108-67(122)50(9)97-77(132)85(14,15)106-52(11)116/h28-30,32-33,46-51,54-59,64-65,115H,27,31,34-45H2,1-26H3,(H2,92,117)(H2,93,118)(H2,94,119)(H,95,131)(H,96,133)(H,97,132)(H,98,134)(H,99,124)(H,100,120)(H,101,121)(H,102,125)(H,103,137)(H,104,128)(H,105,135)(H,106,116)(H,107,123)(H,108,122)(H,109,126)(H,110,127)(H,111,130)(H,112,129)(H,113,136)/t49-,50-,51-,54+,55+,56-,57-,58-,59+,64-,65-,91+/m0/s1. The van der Waals surface area contributed by atoms with E-state index >= 15 is 0 Å². The predicted octanol–water partition coefficient (Wildman–Crippen LogP) is -5.04. The van der Waals surface area contributed by atoms with Crippen LogP contribution in [-0.4, -0.2) is 276 Å². The summed E-state index contributed by atoms with van der Waals surface area (Å²) in [5.74, 6) is -21.3. The summed E-state index contributed by atoms with van der Waals surface area (Å²) in [6.07, 6.45) is -1.91. The van der Waals surface area contributed by atoms with Gasteiger partial charge in [-0.05, 0) is 199 Å². The van der Waals surface area contributed by atoms with Crippen molar-refractivity contribution in [2.45, 2.75) is 361 Å². The topological polar surface area (TPSA) is 723 Å². The fourth-order valence-corrected chi connectivity index (χ4v) is 13.8. The van der Waals surface area contributed by atoms with E-state index in [0.29, 0.717) is 6.42 Å². The number of nitrogens with zero attached hydrogens (tertiary/aromatic N) is 1. The third-order valence-electron chi connectivity index (χ3n) is 22.7. The molecule has 1 aromatic carbocycles. The summed E-state index contributed by atoms with van der Waals surface area (Å²) in [5.41, 5.74) is 3.00. The molecule has 138 heavy (non-hydrogen) atoms. The molecule has 1 heterocycles. The van der Waals surface area contributed by atoms with Crippen LogP contribution in [0, 0.1) is 17.8 Å². The molecule has 12 atom stereocenters. The third-order valence-corrected chi connectivity index (χ3v) is 22.7. The molecule has 26 N–H and O–H groups in total. The van der Waals surface area contributed by atoms with Crippen molar-refractivity contribution < 1.29 is 115 Å². The zero-order valence-electron chi connectivity index (χ0n) is 84.4. The number of nitrogens with two attached hydrogens (primary N) is 3. The van der Waals surface area contributed by atoms with Crippen molar-refractivity contribution in [3.05, 3.63) is 35.9 Å². The van der Waals surface area contributed by atoms with Gasteiger partial charge in [0.15, 0.2) is 0 Å². The average molecular weight is 1950 g/mol. The SMILES string of the molecule is CC[C@@](C)(NC(=O)C(C)(C)NC(=O)[C@@H](NC(=O)[C@H]1CCCN1C(=O)C(C)(C)NC(=O)[C@H](CC(C)C)NC(=O)CNC(=O)C(C)(C)NC(=O)[C@@H](NC(=O)C(C)(C)NC(=O)[C@H](CCC(N)=O)NC(=O)[C@H](C)NC(=O)C(C)(C)NC(=O)[C@H](C)NC(=O)C(C)(C)NC(=O)[C@H](C)NC(=O)C(C)(C)NC(C)=O)C(C)C)C(C)C)C(=O)N[C@@H](CCC(N)=O)C(=O)N[C@H](CCC(N)=O)C(=O)N[C@@H](CO)Cc1ccccc1. The van der Waals surface area contributed by atoms with Gasteiger partial charge in [0.1, 0.15) is 105 Å². The molecule has 0 radical (unpaired) electrons. The highest BCUT2D eigenvalue weighted by Gasteiger charge is 2.48. The van der Waals surface area contributed by atoms with E-state index in [2.05, 4.69) is 101 Å². The van der Waals surface area contributed by atoms with Gasteiger partial charge in [-0.25, -0.2) is 0 Å². The molecule has 47 heteroatoms. The first-order chi connectivity index (χ1) is 63.2. The summed E-state index contributed by atoms with van der Waals surface area (Å²) in [5, 5.41) is 58.3. The molecular formula is C91H151N23O24. The Morgan fingerprint density at radius 2 is 0.761 bits per heavy atom. The molecule has 0 aliphatic carbocycles. The van der Waals surface area contributed by atoms with Crippen molar-refractivity contribution in [2.24, 2.45) is 35.0 Å². The first-order valence-corrected chi connectivity index (χ1v) is 45.9. The van der Waals surface area contributed by atoms with E-state index in [-0.39, 0.29) is 51.0 Å². The van der Waals surface area contributed by atoms with Crippen LogP contribution in [0.15, 0.2) is 30.3 Å². The number of amides is 23. The average Bonchev–Trinajstić information content (AvgIpc) is 1.59. The lowest BCUT2D eigenvalue weighted by molar-refractivity contribution is -0.146. The lowest BCUT2D eigenvalue weighted by atomic mass is 9.93. The van der Waals surface area contributed by atoms with Crippen LogP contribution in [0.5, 0.6) is 0 Å². The lowest BCUT2D eigenvalue weighted by Gasteiger charge is -2.36. The van der Waals surface area contributed by atoms with Crippen molar-refractivity contribution >= 4 is 136 Å². The Bertz CT molecular complexity index is 4630. The normalized spacial score (nSPS) is 15.6. The molecule has 1 saturated heterocycles. The molecule has 0 aromatic heterocycles. The smallest absolute Gasteiger partial charge is 0.248 e. The van der Waals surface area contributed by atoms with Crippen LogP contribution >= 0.6 is 0 Å². The number of hydrogen-bond acceptors (Lipinski definition) is 24. The molecule has 1 aliphatic heterocycles. The minimum atomic E-state index is -1.91. The van der Waals surface area contributed by atoms with Gasteiger partial charge in [0.05, 0.1) is 19.2 Å². The van der Waals surface area contributed by atoms with Gasteiger partial charge in [-0.2, -0.15) is 0 Å². The monoisotopic (exact) mass is 1950 g/mol. The number of rotatable bonds is 55. The number of carbonyl (C=O) groups is 23. The fourth-order valence-electron chi connectivity index (χ4n) is 13.8. The second-order valence-electron chi connectivity index (χ2n) is 40.0. The van der Waals surface area contributed by atoms with Crippen LogP contribution in [0.25, 0.3) is 0 Å². The molecule has 0 unspecified atom stereocenters. The van der Waals surface area contributed by atoms with E-state index in [0.717, 1.165) is 5.56 Å². The maximum atomic E-state index is 14.6. The van der Waals surface area contributed by atoms with Crippen LogP contribution in [-0.2, 0) is 117 Å². The predicted molar refractivity (Wildman–Crippen MR) is 504 cm³/mol. The molecule has 0 bridgehead atoms. The number of primary amides is 3. The van der Waals surface area contributed by atoms with Crippen LogP contribution in [0.4, 0.5) is 0 Å². The Morgan fingerprint density at radius 3 is 1.19 bits per heavy atom. The van der Waals surface area contributed by atoms with E-state index in [1.165, 1.54) is 143 Å². The molecule has 2 rings (SSSR count). The van der Waals surface area contributed by atoms with Crippen molar-refractivity contribution in [1.29, 1.82) is 0 Å². The molecule has 1 aromatic rings. The van der Waals surface area contributed by atoms with Gasteiger partial charge in [0, 0.05) is 32.7 Å². The number of likely N-dealkylation sites (tertiary alicyclic amines) is 1. The highest BCUT2D eigenvalue weighted by Crippen LogP contribution is 2.25. The van der Waals surface area contributed by atoms with Crippen LogP contribution in [0.1, 0.15) is 250 Å². The van der Waals surface area contributed by atoms with Crippen LogP contribution < -0.4 is 118 Å². The van der Waals surface area contributed by atoms with E-state index in [1.807, 2.05) is 0 Å². The Labute approximate surface area is 805 Å². The van der Waals surface area contributed by atoms with Crippen LogP contribution in [0.2, 0.25) is 0 Å². The van der Waals surface area contributed by atoms with Gasteiger partial charge in [-0.3, -0.25) is 110 Å². The zero-order valence-corrected chi connectivity index (χ0v) is 84.4. The molecule has 1 fully saturated rings. The Morgan fingerprint density at radius 1 is 0.391 bits per heavy atom. The number of aliphatic hydroxyl groups is 1. The van der Waals surface area contributed by atoms with Crippen molar-refractivity contribution in [3.8, 4) is 0 Å². The summed E-state index contributed by atoms with van der Waals surface area (Å²) in [4.78, 5) is 313. The zero-order chi connectivity index (χ0) is 106. The molecule has 1 aliphatic rings. The molecular weight excluding hydrogens is 1800 g/mol. The van der Waals surface area contributed by atoms with Gasteiger partial charge in [-0.15, -0.1) is 0 Å². The molecule has 47 nitrogen and oxygen atoms in total. The minimum absolute atomic E-state index is 0.00642. The van der Waals surface area contributed by atoms with E-state index in [1.54, 1.807) is 71.9 Å². The summed E-state index contributed by atoms with van der Waals surface area (Å²) >= 11 is 0. The highest BCUT2D eigenvalue weighted by molar-refractivity contribution is 6.05. The summed E-state index contributed by atoms with van der Waals surface area (Å²) in [7, 11) is 0. The number of benzene rings is 1. The Balaban J connectivity index is 2.18. The summed E-state index contributed by atoms with van der Waals surface area (Å²) in [6.45, 7) is 35.1. The maximum absolute atomic E-state index is 14.6. The minimum Gasteiger partial charge on any atom is -0.394 e. The summed E-state index contributed by atoms with van der Waals surface area (Å²) < 4.78 is 0. The highest BCUT2D eigenvalue weighted by atomic mass is 16.3. The van der Waals surface area contributed by atoms with Crippen molar-refractivity contribution in [2.75, 3.05) is 19.7 Å². The van der Waals surface area contributed by atoms with Crippen molar-refractivity contribution in [3.63, 3.8) is 0 Å². The lowest BCUT2D eigenvalue weighted by Crippen LogP contribution is -2.67. The molecule has 0 spiro atoms. The molecule has 774 valence electrons. The van der Waals surface area contributed by atoms with Crippen molar-refractivity contribution in [1.82, 2.24) is 106 Å². The number of aliphatic hydroxyl groups excluding tert-OH is 1.